The number of allylic oxidation sites excluding steroid dienone is 3. The van der Waals surface area contributed by atoms with Gasteiger partial charge >= 0.3 is 19.8 Å². The number of esters is 2. The number of hydrogen-bond donors (Lipinski definition) is 12. The average Bonchev–Trinajstić information content (AvgIpc) is 3.66. The van der Waals surface area contributed by atoms with Crippen molar-refractivity contribution in [3.05, 3.63) is 24.3 Å². The molecule has 0 aromatic heterocycles. The van der Waals surface area contributed by atoms with Crippen LogP contribution in [-0.2, 0) is 51.6 Å². The highest BCUT2D eigenvalue weighted by Crippen LogP contribution is 2.49. The van der Waals surface area contributed by atoms with Crippen molar-refractivity contribution in [1.29, 1.82) is 0 Å². The van der Waals surface area contributed by atoms with Crippen LogP contribution in [0.4, 0.5) is 0 Å². The van der Waals surface area contributed by atoms with Crippen LogP contribution in [0.1, 0.15) is 206 Å². The molecule has 0 amide bonds. The predicted octanol–water partition coefficient (Wildman–Crippen LogP) is 5.27. The Morgan fingerprint density at radius 2 is 0.867 bits per heavy atom. The highest BCUT2D eigenvalue weighted by atomic mass is 31.2. The second-order valence-corrected chi connectivity index (χ2v) is 24.1. The molecular weight excluding hydrogens is 1110 g/mol. The number of carbonyl (C=O) groups excluding carboxylic acids is 2. The first-order chi connectivity index (χ1) is 39.9. The molecule has 1 saturated carbocycles. The van der Waals surface area contributed by atoms with Gasteiger partial charge in [0.15, 0.2) is 18.7 Å². The van der Waals surface area contributed by atoms with Crippen LogP contribution in [0, 0.1) is 0 Å². The molecule has 0 aromatic rings. The molecule has 16 atom stereocenters. The quantitative estimate of drug-likeness (QED) is 0.0121. The van der Waals surface area contributed by atoms with Crippen LogP contribution < -0.4 is 0 Å². The molecule has 3 fully saturated rings. The van der Waals surface area contributed by atoms with Crippen LogP contribution in [0.15, 0.2) is 24.3 Å². The number of unbranched alkanes of at least 4 members (excludes halogenated alkanes) is 27. The summed E-state index contributed by atoms with van der Waals surface area (Å²) in [6, 6.07) is 0. The van der Waals surface area contributed by atoms with Crippen molar-refractivity contribution in [2.45, 2.75) is 311 Å². The normalized spacial score (nSPS) is 30.7. The summed E-state index contributed by atoms with van der Waals surface area (Å²) < 4.78 is 58.0. The summed E-state index contributed by atoms with van der Waals surface area (Å²) in [7, 11) is -5.66. The van der Waals surface area contributed by atoms with E-state index >= 15 is 0 Å². The Morgan fingerprint density at radius 1 is 0.482 bits per heavy atom. The average molecular weight is 1220 g/mol. The molecule has 83 heavy (non-hydrogen) atoms. The zero-order chi connectivity index (χ0) is 61.0. The van der Waals surface area contributed by atoms with Crippen molar-refractivity contribution in [2.75, 3.05) is 26.4 Å². The molecule has 23 nitrogen and oxygen atoms in total. The zero-order valence-electron chi connectivity index (χ0n) is 49.5. The molecule has 12 N–H and O–H groups in total. The first-order valence-corrected chi connectivity index (χ1v) is 32.7. The number of hydrogen-bond acceptors (Lipinski definition) is 22. The van der Waals surface area contributed by atoms with Crippen LogP contribution >= 0.6 is 7.82 Å². The molecule has 16 unspecified atom stereocenters. The van der Waals surface area contributed by atoms with Gasteiger partial charge in [0.1, 0.15) is 92.1 Å². The summed E-state index contributed by atoms with van der Waals surface area (Å²) >= 11 is 0. The van der Waals surface area contributed by atoms with E-state index in [0.29, 0.717) is 6.42 Å². The predicted molar refractivity (Wildman–Crippen MR) is 305 cm³/mol. The molecule has 2 aliphatic heterocycles. The van der Waals surface area contributed by atoms with E-state index in [4.69, 9.17) is 37.5 Å². The Labute approximate surface area is 492 Å². The number of ether oxygens (including phenoxy) is 6. The number of rotatable bonds is 46. The van der Waals surface area contributed by atoms with Crippen molar-refractivity contribution in [3.63, 3.8) is 0 Å². The van der Waals surface area contributed by atoms with Gasteiger partial charge in [-0.2, -0.15) is 0 Å². The lowest BCUT2D eigenvalue weighted by Crippen LogP contribution is -2.69. The minimum Gasteiger partial charge on any atom is -0.462 e. The fraction of sp³-hybridized carbons (Fsp3) is 0.898. The molecule has 0 aromatic carbocycles. The van der Waals surface area contributed by atoms with E-state index in [2.05, 4.69) is 13.8 Å². The summed E-state index contributed by atoms with van der Waals surface area (Å²) in [6.45, 7) is 0.928. The number of aliphatic hydroxyl groups is 11. The highest BCUT2D eigenvalue weighted by Gasteiger charge is 2.58. The summed E-state index contributed by atoms with van der Waals surface area (Å²) in [5.74, 6) is -1.58. The lowest BCUT2D eigenvalue weighted by molar-refractivity contribution is -0.360. The van der Waals surface area contributed by atoms with Gasteiger partial charge in [-0.25, -0.2) is 9.36 Å². The van der Waals surface area contributed by atoms with Gasteiger partial charge in [-0.05, 0) is 19.3 Å². The molecule has 2 heterocycles. The minimum atomic E-state index is -5.66. The van der Waals surface area contributed by atoms with Crippen molar-refractivity contribution >= 4 is 19.8 Å². The fourth-order valence-corrected chi connectivity index (χ4v) is 11.4. The molecule has 0 bridgehead atoms. The summed E-state index contributed by atoms with van der Waals surface area (Å²) in [5, 5.41) is 117. The molecule has 2 saturated heterocycles. The maximum atomic E-state index is 14.0. The second kappa shape index (κ2) is 43.6. The number of aliphatic hydroxyl groups excluding tert-OH is 11. The Balaban J connectivity index is 1.69. The van der Waals surface area contributed by atoms with Crippen LogP contribution in [0.25, 0.3) is 0 Å². The van der Waals surface area contributed by atoms with Crippen LogP contribution in [0.5, 0.6) is 0 Å². The molecule has 1 aliphatic carbocycles. The molecule has 3 rings (SSSR count). The summed E-state index contributed by atoms with van der Waals surface area (Å²) in [4.78, 5) is 37.4. The monoisotopic (exact) mass is 1210 g/mol. The van der Waals surface area contributed by atoms with Crippen molar-refractivity contribution in [3.8, 4) is 0 Å². The summed E-state index contributed by atoms with van der Waals surface area (Å²) in [6.07, 6.45) is 5.01. The Morgan fingerprint density at radius 3 is 1.28 bits per heavy atom. The van der Waals surface area contributed by atoms with Crippen LogP contribution in [-0.4, -0.2) is 204 Å². The Hall–Kier alpha value is -2.07. The van der Waals surface area contributed by atoms with Crippen LogP contribution in [0.2, 0.25) is 0 Å². The maximum Gasteiger partial charge on any atom is 0.472 e. The van der Waals surface area contributed by atoms with Gasteiger partial charge in [0.2, 0.25) is 0 Å². The van der Waals surface area contributed by atoms with E-state index in [1.165, 1.54) is 134 Å². The third kappa shape index (κ3) is 28.8. The van der Waals surface area contributed by atoms with E-state index < -0.39 is 150 Å². The zero-order valence-corrected chi connectivity index (χ0v) is 50.4. The molecule has 0 spiro atoms. The number of carbonyl (C=O) groups is 2. The number of phosphoric acid groups is 1. The van der Waals surface area contributed by atoms with E-state index in [0.717, 1.165) is 57.4 Å². The van der Waals surface area contributed by atoms with Gasteiger partial charge in [-0.15, -0.1) is 0 Å². The third-order valence-corrected chi connectivity index (χ3v) is 16.6. The van der Waals surface area contributed by atoms with Gasteiger partial charge in [-0.1, -0.05) is 199 Å². The molecular formula is C59H107O23P. The minimum absolute atomic E-state index is 0.0371. The van der Waals surface area contributed by atoms with E-state index in [-0.39, 0.29) is 6.42 Å². The molecule has 3 aliphatic rings. The smallest absolute Gasteiger partial charge is 0.462 e. The first-order valence-electron chi connectivity index (χ1n) is 31.2. The van der Waals surface area contributed by atoms with Crippen LogP contribution in [0.3, 0.4) is 0 Å². The summed E-state index contributed by atoms with van der Waals surface area (Å²) in [5.41, 5.74) is 0. The van der Waals surface area contributed by atoms with Gasteiger partial charge in [0, 0.05) is 12.5 Å². The second-order valence-electron chi connectivity index (χ2n) is 22.7. The van der Waals surface area contributed by atoms with E-state index in [1.54, 1.807) is 6.08 Å². The van der Waals surface area contributed by atoms with Gasteiger partial charge in [0.25, 0.3) is 0 Å². The lowest BCUT2D eigenvalue weighted by atomic mass is 9.84. The Kier molecular flexibility index (Phi) is 39.4. The van der Waals surface area contributed by atoms with Crippen molar-refractivity contribution in [2.24, 2.45) is 0 Å². The van der Waals surface area contributed by atoms with Crippen molar-refractivity contribution in [1.82, 2.24) is 0 Å². The third-order valence-electron chi connectivity index (χ3n) is 15.6. The molecule has 0 radical (unpaired) electrons. The lowest BCUT2D eigenvalue weighted by Gasteiger charge is -2.49. The van der Waals surface area contributed by atoms with E-state index in [9.17, 15) is 75.2 Å². The molecule has 486 valence electrons. The maximum absolute atomic E-state index is 14.0. The van der Waals surface area contributed by atoms with Gasteiger partial charge in [-0.3, -0.25) is 13.8 Å². The standard InChI is InChI=1S/C59H107O23P/c1-3-5-7-9-11-13-15-17-19-20-22-23-25-27-29-31-33-35-44(62)75-39-41(77-45(63)36-34-32-30-28-26-24-21-18-16-14-12-10-8-6-4-2)40-76-83(73,74)82-57-55(80-58-53(71)48(66)46(64)42(37-60)78-58)51(69)50(68)52(70)56(57)81-59-54(72)49(67)47(65)43(38-61)79-59/h30,32,34,36,41-43,46-61,64-72H,3-29,31,33,35,37-40H2,1-2H3,(H,73,74)/b32-30+,36-34+. The first kappa shape index (κ1) is 75.2. The molecule has 24 heteroatoms. The highest BCUT2D eigenvalue weighted by molar-refractivity contribution is 7.47. The largest absolute Gasteiger partial charge is 0.472 e. The van der Waals surface area contributed by atoms with Gasteiger partial charge < -0.3 is 89.5 Å². The van der Waals surface area contributed by atoms with Crippen molar-refractivity contribution < 1.29 is 113 Å². The Bertz CT molecular complexity index is 1740. The van der Waals surface area contributed by atoms with Gasteiger partial charge in [0.05, 0.1) is 19.8 Å². The van der Waals surface area contributed by atoms with E-state index in [1.807, 2.05) is 6.08 Å². The SMILES string of the molecule is CCCCCCCCCCCCC/C=C/C=C/C(=O)OC(COC(=O)CCCCCCCCCCCCCCCCCCC)COP(=O)(O)OC1C(OC2OC(CO)C(O)C(O)C2O)C(O)C(O)C(O)C1OC1OC(CO)C(O)C(O)C1O. The number of phosphoric ester groups is 1. The topological polar surface area (TPSA) is 368 Å². The fourth-order valence-electron chi connectivity index (χ4n) is 10.4.